The molecule has 0 radical (unpaired) electrons. The highest BCUT2D eigenvalue weighted by Gasteiger charge is 2.21. The first kappa shape index (κ1) is 21.3. The molecule has 0 bridgehead atoms. The molecular formula is C23H26N4O3. The lowest BCUT2D eigenvalue weighted by Gasteiger charge is -2.20. The lowest BCUT2D eigenvalue weighted by molar-refractivity contribution is -0.123. The largest absolute Gasteiger partial charge is 0.504 e. The summed E-state index contributed by atoms with van der Waals surface area (Å²) in [7, 11) is 1.48. The molecule has 0 aliphatic carbocycles. The van der Waals surface area contributed by atoms with Crippen LogP contribution in [0.2, 0.25) is 0 Å². The zero-order valence-electron chi connectivity index (χ0n) is 16.9. The van der Waals surface area contributed by atoms with E-state index in [1.54, 1.807) is 36.9 Å². The molecule has 2 heterocycles. The fraction of sp³-hybridized carbons (Fsp3) is 0.261. The topological polar surface area (TPSA) is 96.4 Å². The van der Waals surface area contributed by atoms with Crippen molar-refractivity contribution in [1.82, 2.24) is 20.6 Å². The number of phenols is 1. The normalized spacial score (nSPS) is 11.6. The Morgan fingerprint density at radius 1 is 1.03 bits per heavy atom. The van der Waals surface area contributed by atoms with Gasteiger partial charge < -0.3 is 20.5 Å². The first-order valence-electron chi connectivity index (χ1n) is 9.83. The van der Waals surface area contributed by atoms with E-state index < -0.39 is 6.04 Å². The number of phenolic OH excluding ortho intramolecular Hbond substituents is 1. The lowest BCUT2D eigenvalue weighted by Crippen LogP contribution is -2.39. The number of carbonyl (C=O) groups excluding carboxylic acids is 1. The highest BCUT2D eigenvalue weighted by atomic mass is 16.5. The molecule has 1 unspecified atom stereocenters. The number of hydrogen-bond acceptors (Lipinski definition) is 6. The van der Waals surface area contributed by atoms with Crippen LogP contribution >= 0.6 is 0 Å². The Balaban J connectivity index is 1.66. The molecule has 0 saturated heterocycles. The van der Waals surface area contributed by atoms with Crippen LogP contribution in [0.15, 0.2) is 67.3 Å². The predicted octanol–water partition coefficient (Wildman–Crippen LogP) is 2.42. The fourth-order valence-corrected chi connectivity index (χ4v) is 3.12. The van der Waals surface area contributed by atoms with E-state index in [4.69, 9.17) is 4.74 Å². The van der Waals surface area contributed by atoms with E-state index in [0.717, 1.165) is 23.1 Å². The van der Waals surface area contributed by atoms with E-state index in [0.29, 0.717) is 25.3 Å². The van der Waals surface area contributed by atoms with Gasteiger partial charge in [-0.2, -0.15) is 0 Å². The number of aromatic nitrogens is 2. The van der Waals surface area contributed by atoms with Gasteiger partial charge in [0.25, 0.3) is 0 Å². The van der Waals surface area contributed by atoms with Crippen molar-refractivity contribution in [3.8, 4) is 11.5 Å². The van der Waals surface area contributed by atoms with E-state index in [9.17, 15) is 9.90 Å². The second-order valence-corrected chi connectivity index (χ2v) is 6.83. The highest BCUT2D eigenvalue weighted by Crippen LogP contribution is 2.29. The summed E-state index contributed by atoms with van der Waals surface area (Å²) in [6.07, 6.45) is 8.48. The number of pyridine rings is 2. The smallest absolute Gasteiger partial charge is 0.241 e. The summed E-state index contributed by atoms with van der Waals surface area (Å²) < 4.78 is 5.20. The van der Waals surface area contributed by atoms with Gasteiger partial charge >= 0.3 is 0 Å². The van der Waals surface area contributed by atoms with E-state index in [1.165, 1.54) is 13.2 Å². The Hall–Kier alpha value is -3.45. The van der Waals surface area contributed by atoms with E-state index in [1.807, 2.05) is 24.3 Å². The molecule has 3 aromatic rings. The van der Waals surface area contributed by atoms with Crippen LogP contribution < -0.4 is 15.4 Å². The predicted molar refractivity (Wildman–Crippen MR) is 114 cm³/mol. The summed E-state index contributed by atoms with van der Waals surface area (Å²) in [5.41, 5.74) is 2.92. The summed E-state index contributed by atoms with van der Waals surface area (Å²) in [5.74, 6) is 0.228. The van der Waals surface area contributed by atoms with Gasteiger partial charge in [0.2, 0.25) is 5.91 Å². The van der Waals surface area contributed by atoms with Crippen LogP contribution in [0.4, 0.5) is 0 Å². The third-order valence-corrected chi connectivity index (χ3v) is 4.75. The van der Waals surface area contributed by atoms with Crippen LogP contribution in [0.3, 0.4) is 0 Å². The van der Waals surface area contributed by atoms with Crippen molar-refractivity contribution in [3.05, 3.63) is 83.9 Å². The zero-order chi connectivity index (χ0) is 21.2. The maximum absolute atomic E-state index is 13.0. The molecule has 0 spiro atoms. The van der Waals surface area contributed by atoms with Gasteiger partial charge in [0.05, 0.1) is 7.11 Å². The third kappa shape index (κ3) is 6.02. The summed E-state index contributed by atoms with van der Waals surface area (Å²) in [6, 6.07) is 12.1. The first-order chi connectivity index (χ1) is 14.7. The molecule has 1 atom stereocenters. The van der Waals surface area contributed by atoms with Gasteiger partial charge in [-0.1, -0.05) is 12.1 Å². The Morgan fingerprint density at radius 3 is 2.57 bits per heavy atom. The van der Waals surface area contributed by atoms with Crippen LogP contribution in [0.5, 0.6) is 11.5 Å². The molecule has 156 valence electrons. The molecule has 0 aliphatic rings. The van der Waals surface area contributed by atoms with Gasteiger partial charge in [0.1, 0.15) is 6.04 Å². The Morgan fingerprint density at radius 2 is 1.83 bits per heavy atom. The standard InChI is InChI=1S/C23H26N4O3/c1-30-21-15-19(4-5-20(21)28)22(26-13-8-17-6-11-24-12-7-17)23(29)27-14-9-18-3-2-10-25-16-18/h2-7,10-12,15-16,22,26,28H,8-9,13-14H2,1H3,(H,27,29). The number of rotatable bonds is 10. The van der Waals surface area contributed by atoms with Crippen molar-refractivity contribution >= 4 is 5.91 Å². The Bertz CT molecular complexity index is 936. The second kappa shape index (κ2) is 10.9. The van der Waals surface area contributed by atoms with Crippen molar-refractivity contribution in [2.45, 2.75) is 18.9 Å². The number of benzene rings is 1. The number of ether oxygens (including phenoxy) is 1. The van der Waals surface area contributed by atoms with Gasteiger partial charge in [-0.3, -0.25) is 14.8 Å². The summed E-state index contributed by atoms with van der Waals surface area (Å²) >= 11 is 0. The number of carbonyl (C=O) groups is 1. The molecule has 0 fully saturated rings. The van der Waals surface area contributed by atoms with Crippen molar-refractivity contribution in [1.29, 1.82) is 0 Å². The molecule has 3 N–H and O–H groups in total. The fourth-order valence-electron chi connectivity index (χ4n) is 3.12. The maximum Gasteiger partial charge on any atom is 0.241 e. The monoisotopic (exact) mass is 406 g/mol. The van der Waals surface area contributed by atoms with Crippen LogP contribution in [0, 0.1) is 0 Å². The number of hydrogen-bond donors (Lipinski definition) is 3. The van der Waals surface area contributed by atoms with E-state index >= 15 is 0 Å². The van der Waals surface area contributed by atoms with Crippen LogP contribution in [-0.4, -0.2) is 41.2 Å². The van der Waals surface area contributed by atoms with Crippen LogP contribution in [-0.2, 0) is 17.6 Å². The molecule has 0 saturated carbocycles. The summed E-state index contributed by atoms with van der Waals surface area (Å²) in [6.45, 7) is 1.11. The van der Waals surface area contributed by atoms with E-state index in [-0.39, 0.29) is 11.7 Å². The molecule has 1 aromatic carbocycles. The minimum atomic E-state index is -0.574. The average molecular weight is 406 g/mol. The van der Waals surface area contributed by atoms with E-state index in [2.05, 4.69) is 20.6 Å². The quantitative estimate of drug-likeness (QED) is 0.479. The molecule has 2 aromatic heterocycles. The lowest BCUT2D eigenvalue weighted by atomic mass is 10.0. The van der Waals surface area contributed by atoms with Gasteiger partial charge in [0.15, 0.2) is 11.5 Å². The zero-order valence-corrected chi connectivity index (χ0v) is 16.9. The Kier molecular flexibility index (Phi) is 7.74. The molecule has 7 heteroatoms. The second-order valence-electron chi connectivity index (χ2n) is 6.83. The van der Waals surface area contributed by atoms with Crippen molar-refractivity contribution in [2.75, 3.05) is 20.2 Å². The SMILES string of the molecule is COc1cc(C(NCCc2ccncc2)C(=O)NCCc2cccnc2)ccc1O. The molecule has 3 rings (SSSR count). The molecule has 0 aliphatic heterocycles. The number of methoxy groups -OCH3 is 1. The molecular weight excluding hydrogens is 380 g/mol. The maximum atomic E-state index is 13.0. The van der Waals surface area contributed by atoms with Gasteiger partial charge in [-0.15, -0.1) is 0 Å². The number of nitrogens with zero attached hydrogens (tertiary/aromatic N) is 2. The Labute approximate surface area is 176 Å². The minimum Gasteiger partial charge on any atom is -0.504 e. The van der Waals surface area contributed by atoms with Gasteiger partial charge in [0, 0.05) is 37.9 Å². The summed E-state index contributed by atoms with van der Waals surface area (Å²) in [4.78, 5) is 21.1. The van der Waals surface area contributed by atoms with Crippen molar-refractivity contribution in [2.24, 2.45) is 0 Å². The number of aromatic hydroxyl groups is 1. The summed E-state index contributed by atoms with van der Waals surface area (Å²) in [5, 5.41) is 16.2. The van der Waals surface area contributed by atoms with Crippen LogP contribution in [0.1, 0.15) is 22.7 Å². The van der Waals surface area contributed by atoms with Crippen LogP contribution in [0.25, 0.3) is 0 Å². The molecule has 1 amide bonds. The van der Waals surface area contributed by atoms with Crippen molar-refractivity contribution in [3.63, 3.8) is 0 Å². The first-order valence-corrected chi connectivity index (χ1v) is 9.83. The van der Waals surface area contributed by atoms with Gasteiger partial charge in [-0.05, 0) is 59.9 Å². The van der Waals surface area contributed by atoms with Gasteiger partial charge in [-0.25, -0.2) is 0 Å². The third-order valence-electron chi connectivity index (χ3n) is 4.75. The number of nitrogens with one attached hydrogen (secondary N) is 2. The minimum absolute atomic E-state index is 0.0359. The molecule has 7 nitrogen and oxygen atoms in total. The highest BCUT2D eigenvalue weighted by molar-refractivity contribution is 5.83. The molecule has 30 heavy (non-hydrogen) atoms. The number of amides is 1. The van der Waals surface area contributed by atoms with Crippen molar-refractivity contribution < 1.29 is 14.6 Å². The average Bonchev–Trinajstić information content (AvgIpc) is 2.78.